The highest BCUT2D eigenvalue weighted by atomic mass is 79.9. The summed E-state index contributed by atoms with van der Waals surface area (Å²) in [5.74, 6) is 1.71. The summed E-state index contributed by atoms with van der Waals surface area (Å²) in [4.78, 5) is 29.2. The Hall–Kier alpha value is -1.01. The molecule has 0 aliphatic carbocycles. The van der Waals surface area contributed by atoms with Gasteiger partial charge in [-0.05, 0) is 37.0 Å². The van der Waals surface area contributed by atoms with Crippen molar-refractivity contribution in [3.8, 4) is 0 Å². The second kappa shape index (κ2) is 7.70. The van der Waals surface area contributed by atoms with Gasteiger partial charge in [-0.2, -0.15) is 0 Å². The average molecular weight is 425 g/mol. The van der Waals surface area contributed by atoms with E-state index in [0.717, 1.165) is 48.3 Å². The number of rotatable bonds is 3. The van der Waals surface area contributed by atoms with Gasteiger partial charge < -0.3 is 9.80 Å². The monoisotopic (exact) mass is 424 g/mol. The summed E-state index contributed by atoms with van der Waals surface area (Å²) < 4.78 is 0.924. The minimum atomic E-state index is -0.145. The maximum atomic E-state index is 13.0. The van der Waals surface area contributed by atoms with Gasteiger partial charge in [0.25, 0.3) is 5.91 Å². The zero-order valence-corrected chi connectivity index (χ0v) is 17.2. The number of halogens is 1. The van der Waals surface area contributed by atoms with Crippen molar-refractivity contribution in [3.05, 3.63) is 34.3 Å². The van der Waals surface area contributed by atoms with Crippen LogP contribution >= 0.6 is 27.7 Å². The topological polar surface area (TPSA) is 40.6 Å². The summed E-state index contributed by atoms with van der Waals surface area (Å²) in [6.45, 7) is 6.45. The molecule has 4 nitrogen and oxygen atoms in total. The van der Waals surface area contributed by atoms with Crippen molar-refractivity contribution in [2.75, 3.05) is 25.4 Å². The summed E-state index contributed by atoms with van der Waals surface area (Å²) in [6.07, 6.45) is 2.34. The van der Waals surface area contributed by atoms with Crippen molar-refractivity contribution in [2.24, 2.45) is 5.92 Å². The van der Waals surface area contributed by atoms with Gasteiger partial charge in [-0.15, -0.1) is 11.8 Å². The molecule has 0 atom stereocenters. The fourth-order valence-electron chi connectivity index (χ4n) is 3.67. The molecule has 0 N–H and O–H groups in total. The van der Waals surface area contributed by atoms with Crippen molar-refractivity contribution in [1.29, 1.82) is 0 Å². The van der Waals surface area contributed by atoms with E-state index in [1.54, 1.807) is 0 Å². The molecular formula is C19H25BrN2O2S. The number of piperidine rings is 1. The van der Waals surface area contributed by atoms with Crippen molar-refractivity contribution in [1.82, 2.24) is 9.80 Å². The molecule has 0 aromatic heterocycles. The number of hydrogen-bond acceptors (Lipinski definition) is 3. The molecule has 25 heavy (non-hydrogen) atoms. The van der Waals surface area contributed by atoms with Gasteiger partial charge >= 0.3 is 0 Å². The first-order chi connectivity index (χ1) is 11.9. The van der Waals surface area contributed by atoms with E-state index < -0.39 is 0 Å². The molecule has 1 aromatic rings. The zero-order chi connectivity index (χ0) is 18.0. The Morgan fingerprint density at radius 2 is 1.96 bits per heavy atom. The minimum Gasteiger partial charge on any atom is -0.342 e. The molecule has 6 heteroatoms. The van der Waals surface area contributed by atoms with Crippen LogP contribution in [0.5, 0.6) is 0 Å². The number of carbonyl (C=O) groups excluding carboxylic acids is 2. The normalized spacial score (nSPS) is 19.7. The molecule has 0 bridgehead atoms. The van der Waals surface area contributed by atoms with Gasteiger partial charge in [0.1, 0.15) is 0 Å². The van der Waals surface area contributed by atoms with E-state index in [1.165, 1.54) is 0 Å². The number of amides is 2. The van der Waals surface area contributed by atoms with Crippen LogP contribution in [0.15, 0.2) is 28.7 Å². The maximum Gasteiger partial charge on any atom is 0.255 e. The molecule has 1 spiro atoms. The van der Waals surface area contributed by atoms with Crippen LogP contribution in [0.2, 0.25) is 0 Å². The molecule has 2 aliphatic rings. The SMILES string of the molecule is CC(C)CC(=O)N1CCC2(CC1)SCCN2C(=O)c1cccc(Br)c1. The second-order valence-electron chi connectivity index (χ2n) is 7.24. The van der Waals surface area contributed by atoms with Gasteiger partial charge in [-0.1, -0.05) is 35.8 Å². The van der Waals surface area contributed by atoms with Crippen LogP contribution in [0, 0.1) is 5.92 Å². The molecule has 1 aromatic carbocycles. The molecule has 2 aliphatic heterocycles. The van der Waals surface area contributed by atoms with E-state index in [2.05, 4.69) is 29.8 Å². The summed E-state index contributed by atoms with van der Waals surface area (Å²) >= 11 is 5.33. The van der Waals surface area contributed by atoms with E-state index in [1.807, 2.05) is 45.8 Å². The Morgan fingerprint density at radius 1 is 1.24 bits per heavy atom. The Kier molecular flexibility index (Phi) is 5.78. The molecule has 2 heterocycles. The Bertz CT molecular complexity index is 657. The number of nitrogens with zero attached hydrogens (tertiary/aromatic N) is 2. The van der Waals surface area contributed by atoms with Gasteiger partial charge in [0.2, 0.25) is 5.91 Å². The predicted octanol–water partition coefficient (Wildman–Crippen LogP) is 4.00. The average Bonchev–Trinajstić information content (AvgIpc) is 2.97. The van der Waals surface area contributed by atoms with E-state index in [0.29, 0.717) is 12.3 Å². The van der Waals surface area contributed by atoms with Gasteiger partial charge in [0, 0.05) is 41.8 Å². The number of thioether (sulfide) groups is 1. The van der Waals surface area contributed by atoms with Gasteiger partial charge in [-0.3, -0.25) is 9.59 Å². The lowest BCUT2D eigenvalue weighted by Gasteiger charge is -2.44. The summed E-state index contributed by atoms with van der Waals surface area (Å²) in [6, 6.07) is 7.61. The highest BCUT2D eigenvalue weighted by molar-refractivity contribution is 9.10. The van der Waals surface area contributed by atoms with Crippen molar-refractivity contribution in [3.63, 3.8) is 0 Å². The molecule has 0 unspecified atom stereocenters. The lowest BCUT2D eigenvalue weighted by atomic mass is 9.99. The largest absolute Gasteiger partial charge is 0.342 e. The number of hydrogen-bond donors (Lipinski definition) is 0. The number of likely N-dealkylation sites (tertiary alicyclic amines) is 1. The Balaban J connectivity index is 1.70. The van der Waals surface area contributed by atoms with E-state index in [4.69, 9.17) is 0 Å². The standard InChI is InChI=1S/C19H25BrN2O2S/c1-14(2)12-17(23)21-8-6-19(7-9-21)22(10-11-25-19)18(24)15-4-3-5-16(20)13-15/h3-5,13-14H,6-12H2,1-2H3. The summed E-state index contributed by atoms with van der Waals surface area (Å²) in [5, 5.41) is 0. The summed E-state index contributed by atoms with van der Waals surface area (Å²) in [7, 11) is 0. The highest BCUT2D eigenvalue weighted by Crippen LogP contribution is 2.44. The first kappa shape index (κ1) is 18.8. The maximum absolute atomic E-state index is 13.0. The van der Waals surface area contributed by atoms with E-state index >= 15 is 0 Å². The van der Waals surface area contributed by atoms with Gasteiger partial charge in [0.05, 0.1) is 4.87 Å². The first-order valence-electron chi connectivity index (χ1n) is 8.90. The molecule has 0 radical (unpaired) electrons. The fraction of sp³-hybridized carbons (Fsp3) is 0.579. The molecule has 136 valence electrons. The third kappa shape index (κ3) is 4.05. The van der Waals surface area contributed by atoms with Gasteiger partial charge in [-0.25, -0.2) is 0 Å². The first-order valence-corrected chi connectivity index (χ1v) is 10.7. The molecule has 0 saturated carbocycles. The molecule has 2 fully saturated rings. The quantitative estimate of drug-likeness (QED) is 0.735. The van der Waals surface area contributed by atoms with Crippen LogP contribution in [-0.2, 0) is 4.79 Å². The van der Waals surface area contributed by atoms with E-state index in [9.17, 15) is 9.59 Å². The van der Waals surface area contributed by atoms with Crippen LogP contribution in [0.3, 0.4) is 0 Å². The van der Waals surface area contributed by atoms with Gasteiger partial charge in [0.15, 0.2) is 0 Å². The molecular weight excluding hydrogens is 400 g/mol. The minimum absolute atomic E-state index is 0.105. The Labute approximate surface area is 162 Å². The smallest absolute Gasteiger partial charge is 0.255 e. The molecule has 2 amide bonds. The van der Waals surface area contributed by atoms with Crippen LogP contribution < -0.4 is 0 Å². The van der Waals surface area contributed by atoms with Crippen molar-refractivity contribution in [2.45, 2.75) is 38.0 Å². The Morgan fingerprint density at radius 3 is 2.60 bits per heavy atom. The lowest BCUT2D eigenvalue weighted by Crippen LogP contribution is -2.53. The van der Waals surface area contributed by atoms with Crippen LogP contribution in [0.25, 0.3) is 0 Å². The molecule has 3 rings (SSSR count). The number of carbonyl (C=O) groups is 2. The second-order valence-corrected chi connectivity index (χ2v) is 9.61. The third-order valence-electron chi connectivity index (χ3n) is 4.97. The van der Waals surface area contributed by atoms with Crippen molar-refractivity contribution < 1.29 is 9.59 Å². The summed E-state index contributed by atoms with van der Waals surface area (Å²) in [5.41, 5.74) is 0.731. The lowest BCUT2D eigenvalue weighted by molar-refractivity contribution is -0.133. The predicted molar refractivity (Wildman–Crippen MR) is 106 cm³/mol. The number of benzene rings is 1. The van der Waals surface area contributed by atoms with E-state index in [-0.39, 0.29) is 16.7 Å². The highest BCUT2D eigenvalue weighted by Gasteiger charge is 2.47. The van der Waals surface area contributed by atoms with Crippen molar-refractivity contribution >= 4 is 39.5 Å². The zero-order valence-electron chi connectivity index (χ0n) is 14.8. The molecule has 2 saturated heterocycles. The van der Waals surface area contributed by atoms with Crippen LogP contribution in [-0.4, -0.2) is 51.9 Å². The fourth-order valence-corrected chi connectivity index (χ4v) is 5.53. The van der Waals surface area contributed by atoms with Crippen LogP contribution in [0.4, 0.5) is 0 Å². The third-order valence-corrected chi connectivity index (χ3v) is 7.02. The van der Waals surface area contributed by atoms with Crippen LogP contribution in [0.1, 0.15) is 43.5 Å².